The molecule has 3 N–H and O–H groups in total. The van der Waals surface area contributed by atoms with Gasteiger partial charge in [0.05, 0.1) is 11.4 Å². The molecule has 0 amide bonds. The lowest BCUT2D eigenvalue weighted by molar-refractivity contribution is -0.136. The minimum atomic E-state index is -0.853. The Bertz CT molecular complexity index is 357. The summed E-state index contributed by atoms with van der Waals surface area (Å²) in [7, 11) is 0. The Kier molecular flexibility index (Phi) is 4.94. The third-order valence-corrected chi connectivity index (χ3v) is 3.26. The second-order valence-corrected chi connectivity index (χ2v) is 4.52. The number of thioether (sulfide) groups is 1. The number of carboxylic acid groups (broad SMARTS) is 1. The normalized spacial score (nSPS) is 10.3. The number of halogens is 1. The van der Waals surface area contributed by atoms with Crippen LogP contribution < -0.4 is 5.73 Å². The van der Waals surface area contributed by atoms with Gasteiger partial charge in [0.2, 0.25) is 0 Å². The van der Waals surface area contributed by atoms with E-state index in [4.69, 9.17) is 22.4 Å². The average Bonchev–Trinajstić information content (AvgIpc) is 2.15. The van der Waals surface area contributed by atoms with E-state index in [9.17, 15) is 4.79 Å². The van der Waals surface area contributed by atoms with Crippen LogP contribution in [0.4, 0.5) is 0 Å². The molecule has 0 radical (unpaired) electrons. The Morgan fingerprint density at radius 1 is 1.53 bits per heavy atom. The zero-order chi connectivity index (χ0) is 11.3. The highest BCUT2D eigenvalue weighted by Crippen LogP contribution is 2.27. The predicted octanol–water partition coefficient (Wildman–Crippen LogP) is 2.02. The van der Waals surface area contributed by atoms with E-state index in [1.165, 1.54) is 0 Å². The Hall–Kier alpha value is -0.710. The van der Waals surface area contributed by atoms with Gasteiger partial charge in [-0.15, -0.1) is 11.8 Å². The molecule has 0 aliphatic rings. The first-order valence-electron chi connectivity index (χ1n) is 4.46. The fraction of sp³-hybridized carbons (Fsp3) is 0.300. The second-order valence-electron chi connectivity index (χ2n) is 2.97. The maximum atomic E-state index is 10.5. The van der Waals surface area contributed by atoms with Gasteiger partial charge in [0.25, 0.3) is 0 Å². The van der Waals surface area contributed by atoms with Crippen LogP contribution in [0.2, 0.25) is 5.02 Å². The molecular formula is C10H12ClNO2S. The Labute approximate surface area is 97.6 Å². The summed E-state index contributed by atoms with van der Waals surface area (Å²) in [6.07, 6.45) is 0.00154. The molecule has 0 saturated heterocycles. The van der Waals surface area contributed by atoms with Crippen LogP contribution in [0.3, 0.4) is 0 Å². The number of hydrogen-bond donors (Lipinski definition) is 2. The molecule has 0 heterocycles. The fourth-order valence-corrected chi connectivity index (χ4v) is 2.18. The molecule has 0 aliphatic heterocycles. The van der Waals surface area contributed by atoms with Crippen molar-refractivity contribution in [3.63, 3.8) is 0 Å². The van der Waals surface area contributed by atoms with E-state index in [2.05, 4.69) is 0 Å². The van der Waals surface area contributed by atoms with Crippen LogP contribution in [-0.2, 0) is 11.2 Å². The van der Waals surface area contributed by atoms with Crippen molar-refractivity contribution >= 4 is 29.3 Å². The van der Waals surface area contributed by atoms with Crippen molar-refractivity contribution in [3.05, 3.63) is 28.8 Å². The molecule has 0 spiro atoms. The van der Waals surface area contributed by atoms with Gasteiger partial charge in [-0.3, -0.25) is 4.79 Å². The lowest BCUT2D eigenvalue weighted by atomic mass is 10.1. The molecule has 0 fully saturated rings. The second kappa shape index (κ2) is 6.00. The Morgan fingerprint density at radius 2 is 2.27 bits per heavy atom. The first-order valence-corrected chi connectivity index (χ1v) is 5.83. The van der Waals surface area contributed by atoms with Crippen molar-refractivity contribution < 1.29 is 9.90 Å². The number of aliphatic carboxylic acids is 1. The van der Waals surface area contributed by atoms with Crippen LogP contribution >= 0.6 is 23.4 Å². The number of carbonyl (C=O) groups is 1. The molecule has 0 aromatic heterocycles. The van der Waals surface area contributed by atoms with Crippen LogP contribution in [-0.4, -0.2) is 23.4 Å². The summed E-state index contributed by atoms with van der Waals surface area (Å²) in [4.78, 5) is 11.4. The zero-order valence-corrected chi connectivity index (χ0v) is 9.64. The average molecular weight is 246 g/mol. The van der Waals surface area contributed by atoms with Crippen LogP contribution in [0.1, 0.15) is 5.56 Å². The molecule has 15 heavy (non-hydrogen) atoms. The van der Waals surface area contributed by atoms with Crippen LogP contribution in [0, 0.1) is 0 Å². The Morgan fingerprint density at radius 3 is 2.80 bits per heavy atom. The molecule has 0 saturated carbocycles. The molecule has 82 valence electrons. The highest BCUT2D eigenvalue weighted by Gasteiger charge is 2.05. The first kappa shape index (κ1) is 12.4. The predicted molar refractivity (Wildman–Crippen MR) is 62.6 cm³/mol. The maximum Gasteiger partial charge on any atom is 0.307 e. The van der Waals surface area contributed by atoms with E-state index in [-0.39, 0.29) is 6.42 Å². The molecule has 0 atom stereocenters. The van der Waals surface area contributed by atoms with Gasteiger partial charge in [-0.25, -0.2) is 0 Å². The van der Waals surface area contributed by atoms with Gasteiger partial charge in [-0.2, -0.15) is 0 Å². The van der Waals surface area contributed by atoms with Crippen molar-refractivity contribution in [2.24, 2.45) is 5.73 Å². The highest BCUT2D eigenvalue weighted by atomic mass is 35.5. The van der Waals surface area contributed by atoms with Crippen molar-refractivity contribution in [2.45, 2.75) is 11.3 Å². The van der Waals surface area contributed by atoms with E-state index in [0.29, 0.717) is 17.1 Å². The molecule has 0 unspecified atom stereocenters. The van der Waals surface area contributed by atoms with E-state index in [1.807, 2.05) is 6.07 Å². The topological polar surface area (TPSA) is 63.3 Å². The minimum absolute atomic E-state index is 0.00154. The van der Waals surface area contributed by atoms with E-state index < -0.39 is 5.97 Å². The molecule has 0 aliphatic carbocycles. The molecule has 0 bridgehead atoms. The zero-order valence-electron chi connectivity index (χ0n) is 8.07. The summed E-state index contributed by atoms with van der Waals surface area (Å²) < 4.78 is 0. The first-order chi connectivity index (χ1) is 7.13. The quantitative estimate of drug-likeness (QED) is 0.779. The summed E-state index contributed by atoms with van der Waals surface area (Å²) in [5, 5.41) is 9.19. The van der Waals surface area contributed by atoms with Gasteiger partial charge in [-0.1, -0.05) is 17.7 Å². The van der Waals surface area contributed by atoms with Crippen molar-refractivity contribution in [1.82, 2.24) is 0 Å². The minimum Gasteiger partial charge on any atom is -0.481 e. The summed E-state index contributed by atoms with van der Waals surface area (Å²) in [5.74, 6) is -0.0497. The Balaban J connectivity index is 2.74. The summed E-state index contributed by atoms with van der Waals surface area (Å²) in [6.45, 7) is 0.595. The van der Waals surface area contributed by atoms with Crippen molar-refractivity contribution in [3.8, 4) is 0 Å². The van der Waals surface area contributed by atoms with Crippen LogP contribution in [0.25, 0.3) is 0 Å². The summed E-state index contributed by atoms with van der Waals surface area (Å²) >= 11 is 7.56. The number of nitrogens with two attached hydrogens (primary N) is 1. The van der Waals surface area contributed by atoms with Gasteiger partial charge >= 0.3 is 5.97 Å². The molecule has 1 aromatic carbocycles. The lowest BCUT2D eigenvalue weighted by Gasteiger charge is -2.04. The number of carboxylic acids is 1. The molecule has 1 rings (SSSR count). The van der Waals surface area contributed by atoms with E-state index in [1.54, 1.807) is 23.9 Å². The van der Waals surface area contributed by atoms with Gasteiger partial charge < -0.3 is 10.8 Å². The monoisotopic (exact) mass is 245 g/mol. The maximum absolute atomic E-state index is 10.5. The van der Waals surface area contributed by atoms with E-state index in [0.717, 1.165) is 10.6 Å². The third-order valence-electron chi connectivity index (χ3n) is 1.73. The molecular weight excluding hydrogens is 234 g/mol. The molecule has 3 nitrogen and oxygen atoms in total. The van der Waals surface area contributed by atoms with Gasteiger partial charge in [-0.05, 0) is 17.7 Å². The van der Waals surface area contributed by atoms with Gasteiger partial charge in [0.15, 0.2) is 0 Å². The highest BCUT2D eigenvalue weighted by molar-refractivity contribution is 7.99. The number of hydrogen-bond acceptors (Lipinski definition) is 3. The number of benzene rings is 1. The lowest BCUT2D eigenvalue weighted by Crippen LogP contribution is -2.02. The molecule has 5 heteroatoms. The van der Waals surface area contributed by atoms with Crippen LogP contribution in [0.5, 0.6) is 0 Å². The van der Waals surface area contributed by atoms with Gasteiger partial charge in [0, 0.05) is 17.2 Å². The SMILES string of the molecule is NCCSc1ccc(CC(=O)O)cc1Cl. The van der Waals surface area contributed by atoms with Crippen molar-refractivity contribution in [1.29, 1.82) is 0 Å². The third kappa shape index (κ3) is 4.11. The van der Waals surface area contributed by atoms with E-state index >= 15 is 0 Å². The number of rotatable bonds is 5. The smallest absolute Gasteiger partial charge is 0.307 e. The molecule has 1 aromatic rings. The van der Waals surface area contributed by atoms with Crippen molar-refractivity contribution in [2.75, 3.05) is 12.3 Å². The standard InChI is InChI=1S/C10H12ClNO2S/c11-8-5-7(6-10(13)14)1-2-9(8)15-4-3-12/h1-2,5H,3-4,6,12H2,(H,13,14). The summed E-state index contributed by atoms with van der Waals surface area (Å²) in [6, 6.07) is 5.30. The fourth-order valence-electron chi connectivity index (χ4n) is 1.11. The summed E-state index contributed by atoms with van der Waals surface area (Å²) in [5.41, 5.74) is 6.09. The van der Waals surface area contributed by atoms with Crippen LogP contribution in [0.15, 0.2) is 23.1 Å². The van der Waals surface area contributed by atoms with Gasteiger partial charge in [0.1, 0.15) is 0 Å². The largest absolute Gasteiger partial charge is 0.481 e.